The van der Waals surface area contributed by atoms with Gasteiger partial charge in [-0.15, -0.1) is 0 Å². The Morgan fingerprint density at radius 1 is 1.64 bits per heavy atom. The van der Waals surface area contributed by atoms with Crippen molar-refractivity contribution in [2.24, 2.45) is 0 Å². The number of carbonyl (C=O) groups excluding carboxylic acids is 1. The van der Waals surface area contributed by atoms with Crippen LogP contribution in [0, 0.1) is 0 Å². The number of hydrogen-bond acceptors (Lipinski definition) is 3. The predicted molar refractivity (Wildman–Crippen MR) is 37.1 cm³/mol. The van der Waals surface area contributed by atoms with Crippen LogP contribution in [0.2, 0.25) is 0 Å². The van der Waals surface area contributed by atoms with E-state index in [9.17, 15) is 4.79 Å². The first-order valence-corrected chi connectivity index (χ1v) is 3.44. The minimum absolute atomic E-state index is 0.00648. The highest BCUT2D eigenvalue weighted by Gasteiger charge is 2.20. The lowest BCUT2D eigenvalue weighted by atomic mass is 10.2. The van der Waals surface area contributed by atoms with E-state index in [1.807, 2.05) is 0 Å². The third kappa shape index (κ3) is 0.867. The summed E-state index contributed by atoms with van der Waals surface area (Å²) in [4.78, 5) is 10.9. The van der Waals surface area contributed by atoms with Crippen molar-refractivity contribution in [3.05, 3.63) is 17.0 Å². The van der Waals surface area contributed by atoms with E-state index in [1.165, 1.54) is 6.92 Å². The van der Waals surface area contributed by atoms with Crippen molar-refractivity contribution in [2.75, 3.05) is 0 Å². The molecule has 0 unspecified atom stereocenters. The number of nitrogens with zero attached hydrogens (tertiary/aromatic N) is 1. The van der Waals surface area contributed by atoms with Gasteiger partial charge in [-0.3, -0.25) is 9.89 Å². The van der Waals surface area contributed by atoms with E-state index < -0.39 is 0 Å². The van der Waals surface area contributed by atoms with Gasteiger partial charge in [0.25, 0.3) is 0 Å². The average molecular weight is 152 g/mol. The van der Waals surface area contributed by atoms with Gasteiger partial charge in [0.1, 0.15) is 5.69 Å². The van der Waals surface area contributed by atoms with Crippen LogP contribution in [0.3, 0.4) is 0 Å². The molecule has 4 heteroatoms. The molecule has 0 amide bonds. The Morgan fingerprint density at radius 3 is 3.18 bits per heavy atom. The fraction of sp³-hybridized carbons (Fsp3) is 0.429. The van der Waals surface area contributed by atoms with Crippen molar-refractivity contribution in [3.63, 3.8) is 0 Å². The summed E-state index contributed by atoms with van der Waals surface area (Å²) in [6.07, 6.45) is 0. The number of aromatic amines is 1. The Kier molecular flexibility index (Phi) is 1.29. The van der Waals surface area contributed by atoms with E-state index in [0.29, 0.717) is 18.9 Å². The molecule has 0 radical (unpaired) electrons. The number of hydrogen-bond donors (Lipinski definition) is 1. The van der Waals surface area contributed by atoms with Crippen molar-refractivity contribution >= 4 is 5.78 Å². The van der Waals surface area contributed by atoms with Crippen molar-refractivity contribution < 1.29 is 9.53 Å². The average Bonchev–Trinajstić information content (AvgIpc) is 2.41. The van der Waals surface area contributed by atoms with Crippen molar-refractivity contribution in [1.29, 1.82) is 0 Å². The number of carbonyl (C=O) groups is 1. The monoisotopic (exact) mass is 152 g/mol. The maximum Gasteiger partial charge on any atom is 0.180 e. The Labute approximate surface area is 63.6 Å². The number of rotatable bonds is 1. The van der Waals surface area contributed by atoms with Gasteiger partial charge in [-0.25, -0.2) is 0 Å². The number of ether oxygens (including phenoxy) is 1. The lowest BCUT2D eigenvalue weighted by molar-refractivity contribution is 0.0999. The normalized spacial score (nSPS) is 15.0. The Hall–Kier alpha value is -1.16. The van der Waals surface area contributed by atoms with E-state index in [2.05, 4.69) is 10.2 Å². The zero-order chi connectivity index (χ0) is 7.84. The van der Waals surface area contributed by atoms with Crippen LogP contribution in [0.1, 0.15) is 28.7 Å². The minimum Gasteiger partial charge on any atom is -0.370 e. The minimum atomic E-state index is -0.00648. The summed E-state index contributed by atoms with van der Waals surface area (Å²) in [7, 11) is 0. The van der Waals surface area contributed by atoms with Gasteiger partial charge in [-0.2, -0.15) is 5.10 Å². The molecule has 0 saturated carbocycles. The van der Waals surface area contributed by atoms with Gasteiger partial charge in [0, 0.05) is 12.5 Å². The summed E-state index contributed by atoms with van der Waals surface area (Å²) in [5, 5.41) is 6.65. The molecule has 0 fully saturated rings. The topological polar surface area (TPSA) is 55.0 Å². The molecular weight excluding hydrogens is 144 g/mol. The van der Waals surface area contributed by atoms with Crippen LogP contribution in [-0.2, 0) is 18.0 Å². The summed E-state index contributed by atoms with van der Waals surface area (Å²) in [5.41, 5.74) is 2.39. The maximum absolute atomic E-state index is 10.9. The Balaban J connectivity index is 2.50. The highest BCUT2D eigenvalue weighted by molar-refractivity contribution is 5.93. The van der Waals surface area contributed by atoms with Crippen LogP contribution in [0.4, 0.5) is 0 Å². The van der Waals surface area contributed by atoms with Crippen LogP contribution in [-0.4, -0.2) is 16.0 Å². The molecule has 2 rings (SSSR count). The second-order valence-electron chi connectivity index (χ2n) is 2.58. The summed E-state index contributed by atoms with van der Waals surface area (Å²) in [6, 6.07) is 0. The number of nitrogens with one attached hydrogen (secondary N) is 1. The largest absolute Gasteiger partial charge is 0.370 e. The highest BCUT2D eigenvalue weighted by atomic mass is 16.5. The van der Waals surface area contributed by atoms with Crippen LogP contribution in [0.5, 0.6) is 0 Å². The molecule has 58 valence electrons. The third-order valence-electron chi connectivity index (χ3n) is 1.78. The van der Waals surface area contributed by atoms with Crippen LogP contribution in [0.25, 0.3) is 0 Å². The summed E-state index contributed by atoms with van der Waals surface area (Å²) < 4.78 is 5.12. The lowest BCUT2D eigenvalue weighted by Gasteiger charge is -1.90. The summed E-state index contributed by atoms with van der Waals surface area (Å²) in [6.45, 7) is 2.57. The number of ketones is 1. The molecule has 0 saturated heterocycles. The fourth-order valence-electron chi connectivity index (χ4n) is 1.22. The first-order valence-electron chi connectivity index (χ1n) is 3.44. The van der Waals surface area contributed by atoms with Gasteiger partial charge < -0.3 is 4.74 Å². The fourth-order valence-corrected chi connectivity index (χ4v) is 1.22. The number of H-pyrrole nitrogens is 1. The SMILES string of the molecule is CC(=O)c1n[nH]c2c1COC2. The molecule has 0 spiro atoms. The second-order valence-corrected chi connectivity index (χ2v) is 2.58. The van der Waals surface area contributed by atoms with Crippen molar-refractivity contribution in [3.8, 4) is 0 Å². The Morgan fingerprint density at radius 2 is 2.45 bits per heavy atom. The third-order valence-corrected chi connectivity index (χ3v) is 1.78. The predicted octanol–water partition coefficient (Wildman–Crippen LogP) is 0.643. The van der Waals surface area contributed by atoms with E-state index in [0.717, 1.165) is 11.3 Å². The molecule has 0 aromatic carbocycles. The molecule has 0 atom stereocenters. The first kappa shape index (κ1) is 6.54. The second kappa shape index (κ2) is 2.17. The zero-order valence-corrected chi connectivity index (χ0v) is 6.18. The molecular formula is C7H8N2O2. The molecule has 1 aliphatic heterocycles. The molecule has 0 bridgehead atoms. The maximum atomic E-state index is 10.9. The molecule has 0 aliphatic carbocycles. The molecule has 2 heterocycles. The van der Waals surface area contributed by atoms with Crippen LogP contribution >= 0.6 is 0 Å². The lowest BCUT2D eigenvalue weighted by Crippen LogP contribution is -1.96. The van der Waals surface area contributed by atoms with E-state index in [-0.39, 0.29) is 5.78 Å². The zero-order valence-electron chi connectivity index (χ0n) is 6.18. The first-order chi connectivity index (χ1) is 5.29. The van der Waals surface area contributed by atoms with Gasteiger partial charge in [0.15, 0.2) is 5.78 Å². The van der Waals surface area contributed by atoms with E-state index in [4.69, 9.17) is 4.74 Å². The van der Waals surface area contributed by atoms with Crippen LogP contribution in [0.15, 0.2) is 0 Å². The van der Waals surface area contributed by atoms with Crippen molar-refractivity contribution in [1.82, 2.24) is 10.2 Å². The van der Waals surface area contributed by atoms with Gasteiger partial charge >= 0.3 is 0 Å². The number of Topliss-reactive ketones (excluding diaryl/α,β-unsaturated/α-hetero) is 1. The summed E-state index contributed by atoms with van der Waals surface area (Å²) >= 11 is 0. The van der Waals surface area contributed by atoms with Crippen LogP contribution < -0.4 is 0 Å². The molecule has 1 N–H and O–H groups in total. The molecule has 1 aliphatic rings. The summed E-state index contributed by atoms with van der Waals surface area (Å²) in [5.74, 6) is -0.00648. The van der Waals surface area contributed by atoms with E-state index in [1.54, 1.807) is 0 Å². The van der Waals surface area contributed by atoms with E-state index >= 15 is 0 Å². The van der Waals surface area contributed by atoms with Gasteiger partial charge in [-0.1, -0.05) is 0 Å². The quantitative estimate of drug-likeness (QED) is 0.601. The Bertz CT molecular complexity index is 303. The van der Waals surface area contributed by atoms with Gasteiger partial charge in [0.2, 0.25) is 0 Å². The molecule has 1 aromatic heterocycles. The standard InChI is InChI=1S/C7H8N2O2/c1-4(10)7-5-2-11-3-6(5)8-9-7/h2-3H2,1H3,(H,8,9). The molecule has 1 aromatic rings. The smallest absolute Gasteiger partial charge is 0.180 e. The molecule has 11 heavy (non-hydrogen) atoms. The van der Waals surface area contributed by atoms with Crippen molar-refractivity contribution in [2.45, 2.75) is 20.1 Å². The number of aromatic nitrogens is 2. The number of fused-ring (bicyclic) bond motifs is 1. The van der Waals surface area contributed by atoms with Gasteiger partial charge in [-0.05, 0) is 0 Å². The highest BCUT2D eigenvalue weighted by Crippen LogP contribution is 2.20. The molecule has 4 nitrogen and oxygen atoms in total. The van der Waals surface area contributed by atoms with Gasteiger partial charge in [0.05, 0.1) is 18.9 Å².